The molecule has 114 valence electrons. The van der Waals surface area contributed by atoms with Gasteiger partial charge < -0.3 is 19.9 Å². The molecule has 2 N–H and O–H groups in total. The van der Waals surface area contributed by atoms with Gasteiger partial charge in [0.25, 0.3) is 0 Å². The first-order valence-electron chi connectivity index (χ1n) is 6.69. The van der Waals surface area contributed by atoms with Crippen molar-refractivity contribution in [2.75, 3.05) is 33.0 Å². The van der Waals surface area contributed by atoms with Gasteiger partial charge in [-0.25, -0.2) is 0 Å². The van der Waals surface area contributed by atoms with Crippen LogP contribution in [0.25, 0.3) is 0 Å². The van der Waals surface area contributed by atoms with E-state index in [2.05, 4.69) is 50.2 Å². The maximum atomic E-state index is 8.61. The fraction of sp³-hybridized carbons (Fsp3) is 0.571. The second-order valence-corrected chi connectivity index (χ2v) is 6.01. The van der Waals surface area contributed by atoms with Crippen molar-refractivity contribution in [3.8, 4) is 5.75 Å². The number of hydrogen-bond donors (Lipinski definition) is 2. The third kappa shape index (κ3) is 6.54. The van der Waals surface area contributed by atoms with Crippen molar-refractivity contribution in [3.63, 3.8) is 0 Å². The zero-order valence-electron chi connectivity index (χ0n) is 11.6. The van der Waals surface area contributed by atoms with E-state index < -0.39 is 0 Å². The Labute approximate surface area is 137 Å². The average molecular weight is 411 g/mol. The standard InChI is InChI=1S/C14H21Br2NO3/c1-2-5-20-14-11(8-12(15)9-13(14)16)10-17-3-6-19-7-4-18/h8-9,17-18H,2-7,10H2,1H3. The molecule has 0 aliphatic heterocycles. The van der Waals surface area contributed by atoms with Crippen LogP contribution in [0, 0.1) is 0 Å². The molecule has 0 fully saturated rings. The smallest absolute Gasteiger partial charge is 0.138 e. The van der Waals surface area contributed by atoms with Crippen LogP contribution >= 0.6 is 31.9 Å². The summed E-state index contributed by atoms with van der Waals surface area (Å²) >= 11 is 7.03. The fourth-order valence-electron chi connectivity index (χ4n) is 1.64. The Morgan fingerprint density at radius 1 is 1.20 bits per heavy atom. The molecule has 1 aromatic rings. The van der Waals surface area contributed by atoms with Crippen molar-refractivity contribution in [1.82, 2.24) is 5.32 Å². The SMILES string of the molecule is CCCOc1c(Br)cc(Br)cc1CNCCOCCO. The van der Waals surface area contributed by atoms with Crippen LogP contribution < -0.4 is 10.1 Å². The van der Waals surface area contributed by atoms with Gasteiger partial charge in [-0.2, -0.15) is 0 Å². The predicted octanol–water partition coefficient (Wildman–Crippen LogP) is 3.10. The zero-order chi connectivity index (χ0) is 14.8. The van der Waals surface area contributed by atoms with Crippen LogP contribution in [0.15, 0.2) is 21.1 Å². The van der Waals surface area contributed by atoms with Crippen molar-refractivity contribution in [1.29, 1.82) is 0 Å². The number of hydrogen-bond acceptors (Lipinski definition) is 4. The Hall–Kier alpha value is -0.140. The predicted molar refractivity (Wildman–Crippen MR) is 87.2 cm³/mol. The minimum atomic E-state index is 0.0631. The molecule has 1 aromatic carbocycles. The number of benzene rings is 1. The van der Waals surface area contributed by atoms with Crippen LogP contribution in [-0.4, -0.2) is 38.1 Å². The summed E-state index contributed by atoms with van der Waals surface area (Å²) in [6.45, 7) is 5.26. The molecule has 0 saturated heterocycles. The first kappa shape index (κ1) is 17.9. The Morgan fingerprint density at radius 3 is 2.70 bits per heavy atom. The summed E-state index contributed by atoms with van der Waals surface area (Å²) in [5, 5.41) is 11.9. The first-order chi connectivity index (χ1) is 9.69. The molecule has 0 bridgehead atoms. The van der Waals surface area contributed by atoms with Gasteiger partial charge in [0.05, 0.1) is 30.9 Å². The molecule has 0 aliphatic carbocycles. The third-order valence-electron chi connectivity index (χ3n) is 2.51. The molecule has 0 aromatic heterocycles. The molecule has 0 heterocycles. The van der Waals surface area contributed by atoms with E-state index in [1.165, 1.54) is 0 Å². The van der Waals surface area contributed by atoms with Gasteiger partial charge in [0.15, 0.2) is 0 Å². The largest absolute Gasteiger partial charge is 0.492 e. The minimum absolute atomic E-state index is 0.0631. The van der Waals surface area contributed by atoms with Crippen LogP contribution in [0.1, 0.15) is 18.9 Å². The number of aliphatic hydroxyl groups excluding tert-OH is 1. The molecule has 0 radical (unpaired) electrons. The Balaban J connectivity index is 2.53. The van der Waals surface area contributed by atoms with Gasteiger partial charge in [-0.1, -0.05) is 22.9 Å². The molecule has 1 rings (SSSR count). The molecular weight excluding hydrogens is 390 g/mol. The summed E-state index contributed by atoms with van der Waals surface area (Å²) in [4.78, 5) is 0. The summed E-state index contributed by atoms with van der Waals surface area (Å²) in [6, 6.07) is 4.04. The Morgan fingerprint density at radius 2 is 2.00 bits per heavy atom. The van der Waals surface area contributed by atoms with E-state index >= 15 is 0 Å². The first-order valence-corrected chi connectivity index (χ1v) is 8.27. The molecule has 20 heavy (non-hydrogen) atoms. The van der Waals surface area contributed by atoms with Gasteiger partial charge in [0, 0.05) is 23.1 Å². The molecule has 0 aliphatic rings. The maximum absolute atomic E-state index is 8.61. The van der Waals surface area contributed by atoms with E-state index in [1.54, 1.807) is 0 Å². The van der Waals surface area contributed by atoms with E-state index in [0.717, 1.165) is 33.2 Å². The molecule has 0 unspecified atom stereocenters. The van der Waals surface area contributed by atoms with Crippen LogP contribution in [-0.2, 0) is 11.3 Å². The second kappa shape index (κ2) is 10.6. The molecule has 0 amide bonds. The van der Waals surface area contributed by atoms with Crippen LogP contribution in [0.5, 0.6) is 5.75 Å². The summed E-state index contributed by atoms with van der Waals surface area (Å²) in [5.74, 6) is 0.888. The lowest BCUT2D eigenvalue weighted by molar-refractivity contribution is 0.0937. The van der Waals surface area contributed by atoms with Crippen LogP contribution in [0.4, 0.5) is 0 Å². The van der Waals surface area contributed by atoms with E-state index in [-0.39, 0.29) is 6.61 Å². The number of rotatable bonds is 10. The Kier molecular flexibility index (Phi) is 9.46. The molecule has 4 nitrogen and oxygen atoms in total. The van der Waals surface area contributed by atoms with Crippen molar-refractivity contribution in [2.24, 2.45) is 0 Å². The lowest BCUT2D eigenvalue weighted by Gasteiger charge is -2.14. The average Bonchev–Trinajstić information content (AvgIpc) is 2.41. The lowest BCUT2D eigenvalue weighted by Crippen LogP contribution is -2.20. The highest BCUT2D eigenvalue weighted by Gasteiger charge is 2.09. The molecule has 0 spiro atoms. The molecule has 0 saturated carbocycles. The van der Waals surface area contributed by atoms with Gasteiger partial charge in [-0.05, 0) is 34.5 Å². The van der Waals surface area contributed by atoms with Crippen molar-refractivity contribution < 1.29 is 14.6 Å². The fourth-order valence-corrected chi connectivity index (χ4v) is 3.07. The highest BCUT2D eigenvalue weighted by molar-refractivity contribution is 9.11. The quantitative estimate of drug-likeness (QED) is 0.582. The van der Waals surface area contributed by atoms with Crippen LogP contribution in [0.2, 0.25) is 0 Å². The highest BCUT2D eigenvalue weighted by atomic mass is 79.9. The van der Waals surface area contributed by atoms with E-state index in [0.29, 0.717) is 26.4 Å². The number of aliphatic hydroxyl groups is 1. The van der Waals surface area contributed by atoms with Gasteiger partial charge in [0.2, 0.25) is 0 Å². The third-order valence-corrected chi connectivity index (χ3v) is 3.56. The van der Waals surface area contributed by atoms with Crippen molar-refractivity contribution >= 4 is 31.9 Å². The molecule has 0 atom stereocenters. The highest BCUT2D eigenvalue weighted by Crippen LogP contribution is 2.33. The lowest BCUT2D eigenvalue weighted by atomic mass is 10.2. The maximum Gasteiger partial charge on any atom is 0.138 e. The van der Waals surface area contributed by atoms with E-state index in [9.17, 15) is 0 Å². The van der Waals surface area contributed by atoms with Gasteiger partial charge in [0.1, 0.15) is 5.75 Å². The summed E-state index contributed by atoms with van der Waals surface area (Å²) in [6.07, 6.45) is 0.977. The van der Waals surface area contributed by atoms with Gasteiger partial charge >= 0.3 is 0 Å². The number of halogens is 2. The topological polar surface area (TPSA) is 50.7 Å². The normalized spacial score (nSPS) is 10.8. The monoisotopic (exact) mass is 409 g/mol. The zero-order valence-corrected chi connectivity index (χ0v) is 14.8. The van der Waals surface area contributed by atoms with E-state index in [1.807, 2.05) is 6.07 Å². The minimum Gasteiger partial charge on any atom is -0.492 e. The van der Waals surface area contributed by atoms with Crippen LogP contribution in [0.3, 0.4) is 0 Å². The van der Waals surface area contributed by atoms with Gasteiger partial charge in [-0.15, -0.1) is 0 Å². The van der Waals surface area contributed by atoms with Gasteiger partial charge in [-0.3, -0.25) is 0 Å². The number of nitrogens with one attached hydrogen (secondary N) is 1. The second-order valence-electron chi connectivity index (χ2n) is 4.24. The Bertz CT molecular complexity index is 402. The van der Waals surface area contributed by atoms with Crippen molar-refractivity contribution in [2.45, 2.75) is 19.9 Å². The summed E-state index contributed by atoms with van der Waals surface area (Å²) < 4.78 is 13.0. The summed E-state index contributed by atoms with van der Waals surface area (Å²) in [7, 11) is 0. The number of ether oxygens (including phenoxy) is 2. The molecule has 6 heteroatoms. The summed E-state index contributed by atoms with van der Waals surface area (Å²) in [5.41, 5.74) is 1.10. The molecular formula is C14H21Br2NO3. The van der Waals surface area contributed by atoms with E-state index in [4.69, 9.17) is 14.6 Å². The van der Waals surface area contributed by atoms with Crippen molar-refractivity contribution in [3.05, 3.63) is 26.6 Å².